The third-order valence-electron chi connectivity index (χ3n) is 10.6. The maximum atomic E-state index is 14.7. The Labute approximate surface area is 339 Å². The number of hydrogen-bond acceptors (Lipinski definition) is 10. The highest BCUT2D eigenvalue weighted by Gasteiger charge is 2.45. The Kier molecular flexibility index (Phi) is 14.4. The summed E-state index contributed by atoms with van der Waals surface area (Å²) in [6, 6.07) is 17.2. The summed E-state index contributed by atoms with van der Waals surface area (Å²) in [5.41, 5.74) is 6.40. The van der Waals surface area contributed by atoms with Crippen LogP contribution in [0.5, 0.6) is 0 Å². The van der Waals surface area contributed by atoms with Crippen LogP contribution in [0.4, 0.5) is 22.8 Å². The second-order valence-corrected chi connectivity index (χ2v) is 15.0. The average Bonchev–Trinajstić information content (AvgIpc) is 3.87. The molecule has 0 aliphatic carbocycles. The predicted molar refractivity (Wildman–Crippen MR) is 209 cm³/mol. The van der Waals surface area contributed by atoms with Gasteiger partial charge in [0.15, 0.2) is 11.4 Å². The van der Waals surface area contributed by atoms with Crippen molar-refractivity contribution in [1.29, 1.82) is 0 Å². The first-order chi connectivity index (χ1) is 28.4. The fourth-order valence-electron chi connectivity index (χ4n) is 7.53. The van der Waals surface area contributed by atoms with Gasteiger partial charge in [0.1, 0.15) is 24.3 Å². The molecule has 2 aliphatic rings. The van der Waals surface area contributed by atoms with Crippen LogP contribution in [0.3, 0.4) is 0 Å². The van der Waals surface area contributed by atoms with Crippen molar-refractivity contribution in [3.63, 3.8) is 0 Å². The molecule has 13 nitrogen and oxygen atoms in total. The van der Waals surface area contributed by atoms with E-state index < -0.39 is 71.9 Å². The number of likely N-dealkylation sites (tertiary alicyclic amines) is 2. The number of alkyl halides is 3. The highest BCUT2D eigenvalue weighted by atomic mass is 19.4. The minimum absolute atomic E-state index is 0.0839. The molecule has 3 aromatic carbocycles. The minimum Gasteiger partial charge on any atom is -0.445 e. The number of aromatic nitrogens is 1. The van der Waals surface area contributed by atoms with Crippen LogP contribution < -0.4 is 11.1 Å². The Hall–Kier alpha value is -5.77. The van der Waals surface area contributed by atoms with Gasteiger partial charge in [0, 0.05) is 38.3 Å². The number of unbranched alkanes of at least 4 members (excludes halogenated alkanes) is 1. The van der Waals surface area contributed by atoms with Gasteiger partial charge in [-0.2, -0.15) is 13.2 Å². The van der Waals surface area contributed by atoms with Crippen molar-refractivity contribution in [2.24, 2.45) is 11.7 Å². The predicted octanol–water partition coefficient (Wildman–Crippen LogP) is 6.86. The van der Waals surface area contributed by atoms with Gasteiger partial charge >= 0.3 is 18.4 Å². The number of Topliss-reactive ketones (excluding diaryl/α,β-unsaturated/α-hetero) is 2. The smallest absolute Gasteiger partial charge is 0.416 e. The van der Waals surface area contributed by atoms with E-state index in [1.165, 1.54) is 17.0 Å². The molecule has 4 atom stereocenters. The second kappa shape index (κ2) is 19.8. The molecule has 1 aromatic heterocycles. The monoisotopic (exact) mass is 819 g/mol. The Bertz CT molecular complexity index is 2050. The van der Waals surface area contributed by atoms with Gasteiger partial charge in [-0.1, -0.05) is 67.1 Å². The van der Waals surface area contributed by atoms with Gasteiger partial charge in [-0.25, -0.2) is 14.6 Å². The second-order valence-electron chi connectivity index (χ2n) is 15.0. The number of para-hydroxylation sites is 2. The average molecular weight is 820 g/mol. The van der Waals surface area contributed by atoms with Crippen LogP contribution in [0.2, 0.25) is 0 Å². The van der Waals surface area contributed by atoms with Gasteiger partial charge < -0.3 is 34.7 Å². The normalized spacial score (nSPS) is 18.0. The van der Waals surface area contributed by atoms with Crippen molar-refractivity contribution in [2.75, 3.05) is 26.2 Å². The van der Waals surface area contributed by atoms with Gasteiger partial charge in [-0.15, -0.1) is 0 Å². The number of oxazole rings is 1. The fourth-order valence-corrected chi connectivity index (χ4v) is 7.53. The number of benzene rings is 3. The molecule has 314 valence electrons. The number of amides is 3. The number of fused-ring (bicyclic) bond motifs is 1. The van der Waals surface area contributed by atoms with Gasteiger partial charge in [-0.05, 0) is 68.0 Å². The third kappa shape index (κ3) is 11.5. The zero-order valence-electron chi connectivity index (χ0n) is 32.5. The summed E-state index contributed by atoms with van der Waals surface area (Å²) in [7, 11) is 0. The molecule has 59 heavy (non-hydrogen) atoms. The van der Waals surface area contributed by atoms with Crippen LogP contribution in [0.25, 0.3) is 11.1 Å². The van der Waals surface area contributed by atoms with E-state index >= 15 is 0 Å². The lowest BCUT2D eigenvalue weighted by molar-refractivity contribution is -0.139. The van der Waals surface area contributed by atoms with Crippen molar-refractivity contribution in [1.82, 2.24) is 20.1 Å². The van der Waals surface area contributed by atoms with Crippen molar-refractivity contribution >= 4 is 40.8 Å². The quantitative estimate of drug-likeness (QED) is 0.0898. The topological polar surface area (TPSA) is 174 Å². The van der Waals surface area contributed by atoms with Crippen LogP contribution in [0.15, 0.2) is 83.3 Å². The van der Waals surface area contributed by atoms with Gasteiger partial charge in [0.2, 0.25) is 11.7 Å². The summed E-state index contributed by atoms with van der Waals surface area (Å²) in [4.78, 5) is 76.6. The Balaban J connectivity index is 1.28. The van der Waals surface area contributed by atoms with Crippen molar-refractivity contribution in [2.45, 2.75) is 88.8 Å². The van der Waals surface area contributed by atoms with E-state index in [2.05, 4.69) is 10.3 Å². The summed E-state index contributed by atoms with van der Waals surface area (Å²) in [5, 5.41) is 2.52. The van der Waals surface area contributed by atoms with E-state index in [-0.39, 0.29) is 43.9 Å². The molecule has 0 spiro atoms. The fraction of sp³-hybridized carbons (Fsp3) is 0.442. The number of alkyl carbamates (subject to hydrolysis) is 1. The van der Waals surface area contributed by atoms with Crippen molar-refractivity contribution in [3.8, 4) is 0 Å². The number of rotatable bonds is 16. The van der Waals surface area contributed by atoms with Crippen LogP contribution in [-0.4, -0.2) is 88.8 Å². The Morgan fingerprint density at radius 2 is 1.64 bits per heavy atom. The number of piperidine rings is 1. The molecule has 0 saturated carbocycles. The zero-order chi connectivity index (χ0) is 41.9. The number of hydrogen-bond donors (Lipinski definition) is 2. The first kappa shape index (κ1) is 42.8. The van der Waals surface area contributed by atoms with Crippen LogP contribution >= 0.6 is 0 Å². The van der Waals surface area contributed by atoms with E-state index in [0.717, 1.165) is 31.4 Å². The van der Waals surface area contributed by atoms with Gasteiger partial charge in [0.05, 0.1) is 18.2 Å². The Morgan fingerprint density at radius 3 is 2.37 bits per heavy atom. The van der Waals surface area contributed by atoms with Gasteiger partial charge in [-0.3, -0.25) is 14.4 Å². The minimum atomic E-state index is -4.68. The van der Waals surface area contributed by atoms with Crippen LogP contribution in [0.1, 0.15) is 78.7 Å². The summed E-state index contributed by atoms with van der Waals surface area (Å²) in [5.74, 6) is -2.88. The molecule has 0 bridgehead atoms. The molecule has 3 N–H and O–H groups in total. The maximum absolute atomic E-state index is 14.7. The standard InChI is InChI=1S/C43H48F3N5O8/c44-43(45,46)31-16-11-14-29(22-31)23-34(49-41(55)57-27-28-12-3-1-4-13-28)40(54)51-26-32(58-42(56)50-20-9-2-10-21-50)25-35(51)36(52)24-30(15-7-8-19-47)38(53)39-48-33-17-5-6-18-37(33)59-39/h1,3-6,11-14,16-18,22,30,32,34-35H,2,7-10,15,19-21,23-27,47H2,(H,49,55)/t30-,32-,34-,35+/m1/s1. The zero-order valence-corrected chi connectivity index (χ0v) is 32.5. The maximum Gasteiger partial charge on any atom is 0.416 e. The lowest BCUT2D eigenvalue weighted by Gasteiger charge is -2.29. The van der Waals surface area contributed by atoms with E-state index in [4.69, 9.17) is 19.6 Å². The molecule has 3 amide bonds. The number of ether oxygens (including phenoxy) is 2. The number of nitrogens with one attached hydrogen (secondary N) is 1. The molecule has 6 rings (SSSR count). The number of nitrogens with two attached hydrogens (primary N) is 1. The lowest BCUT2D eigenvalue weighted by Crippen LogP contribution is -2.53. The molecule has 2 saturated heterocycles. The molecular weight excluding hydrogens is 771 g/mol. The first-order valence-electron chi connectivity index (χ1n) is 19.9. The molecule has 16 heteroatoms. The van der Waals surface area contributed by atoms with E-state index in [9.17, 15) is 37.1 Å². The summed E-state index contributed by atoms with van der Waals surface area (Å²) < 4.78 is 58.2. The third-order valence-corrected chi connectivity index (χ3v) is 10.6. The molecule has 4 aromatic rings. The largest absolute Gasteiger partial charge is 0.445 e. The van der Waals surface area contributed by atoms with E-state index in [1.54, 1.807) is 59.5 Å². The van der Waals surface area contributed by atoms with E-state index in [0.29, 0.717) is 49.1 Å². The Morgan fingerprint density at radius 1 is 0.915 bits per heavy atom. The van der Waals surface area contributed by atoms with Crippen LogP contribution in [-0.2, 0) is 38.3 Å². The lowest BCUT2D eigenvalue weighted by atomic mass is 9.89. The molecule has 2 aliphatic heterocycles. The highest BCUT2D eigenvalue weighted by Crippen LogP contribution is 2.31. The highest BCUT2D eigenvalue weighted by molar-refractivity contribution is 6.00. The molecule has 0 radical (unpaired) electrons. The molecule has 2 fully saturated rings. The molecule has 3 heterocycles. The number of carbonyl (C=O) groups excluding carboxylic acids is 5. The molecule has 0 unspecified atom stereocenters. The van der Waals surface area contributed by atoms with Crippen LogP contribution in [0, 0.1) is 5.92 Å². The number of carbonyl (C=O) groups is 5. The van der Waals surface area contributed by atoms with Crippen molar-refractivity contribution < 1.29 is 51.0 Å². The van der Waals surface area contributed by atoms with E-state index in [1.807, 2.05) is 0 Å². The van der Waals surface area contributed by atoms with Gasteiger partial charge in [0.25, 0.3) is 5.89 Å². The summed E-state index contributed by atoms with van der Waals surface area (Å²) in [6.07, 6.45) is -4.12. The number of halogens is 3. The number of nitrogens with zero attached hydrogens (tertiary/aromatic N) is 3. The van der Waals surface area contributed by atoms with Crippen molar-refractivity contribution in [3.05, 3.63) is 101 Å². The summed E-state index contributed by atoms with van der Waals surface area (Å²) >= 11 is 0. The number of ketones is 2. The summed E-state index contributed by atoms with van der Waals surface area (Å²) in [6.45, 7) is 0.947. The molecular formula is C43H48F3N5O8. The first-order valence-corrected chi connectivity index (χ1v) is 19.9. The SMILES string of the molecule is NCCCC[C@H](CC(=O)[C@@H]1C[C@@H](OC(=O)N2CCCCC2)CN1C(=O)[C@@H](Cc1cccc(C(F)(F)F)c1)NC(=O)OCc1ccccc1)C(=O)c1nc2ccccc2o1.